The third kappa shape index (κ3) is 2.01. The first kappa shape index (κ1) is 10.9. The fourth-order valence-corrected chi connectivity index (χ4v) is 1.92. The zero-order valence-electron chi connectivity index (χ0n) is 9.64. The molecule has 1 heterocycles. The molecule has 0 spiro atoms. The molecule has 0 bridgehead atoms. The molecule has 0 radical (unpaired) electrons. The molecule has 0 aromatic heterocycles. The number of carbonyl (C=O) groups is 1. The van der Waals surface area contributed by atoms with E-state index in [0.717, 1.165) is 17.7 Å². The summed E-state index contributed by atoms with van der Waals surface area (Å²) in [4.78, 5) is 11.8. The van der Waals surface area contributed by atoms with E-state index in [1.807, 2.05) is 44.2 Å². The van der Waals surface area contributed by atoms with E-state index in [1.54, 1.807) is 6.08 Å². The number of hydrogen-bond acceptors (Lipinski definition) is 2. The second-order valence-corrected chi connectivity index (χ2v) is 4.10. The summed E-state index contributed by atoms with van der Waals surface area (Å²) < 4.78 is 5.84. The maximum atomic E-state index is 11.8. The molecule has 0 saturated heterocycles. The highest BCUT2D eigenvalue weighted by atomic mass is 16.5. The molecule has 0 unspecified atom stereocenters. The highest BCUT2D eigenvalue weighted by Gasteiger charge is 2.30. The normalized spacial score (nSPS) is 24.9. The van der Waals surface area contributed by atoms with Gasteiger partial charge in [0, 0.05) is 12.5 Å². The van der Waals surface area contributed by atoms with Crippen LogP contribution in [0, 0.1) is 5.92 Å². The van der Waals surface area contributed by atoms with Gasteiger partial charge in [-0.2, -0.15) is 0 Å². The van der Waals surface area contributed by atoms with Gasteiger partial charge in [0.1, 0.15) is 11.9 Å². The van der Waals surface area contributed by atoms with Gasteiger partial charge in [-0.3, -0.25) is 4.79 Å². The molecule has 16 heavy (non-hydrogen) atoms. The van der Waals surface area contributed by atoms with Gasteiger partial charge in [0.2, 0.25) is 0 Å². The maximum Gasteiger partial charge on any atom is 0.165 e. The summed E-state index contributed by atoms with van der Waals surface area (Å²) in [5, 5.41) is 0. The maximum absolute atomic E-state index is 11.8. The minimum Gasteiger partial charge on any atom is -0.489 e. The van der Waals surface area contributed by atoms with Gasteiger partial charge < -0.3 is 4.74 Å². The monoisotopic (exact) mass is 216 g/mol. The molecule has 84 valence electrons. The van der Waals surface area contributed by atoms with Gasteiger partial charge in [0.05, 0.1) is 5.92 Å². The Morgan fingerprint density at radius 2 is 1.94 bits per heavy atom. The predicted octanol–water partition coefficient (Wildman–Crippen LogP) is 3.26. The zero-order chi connectivity index (χ0) is 11.5. The number of ether oxygens (including phenoxy) is 1. The van der Waals surface area contributed by atoms with Crippen molar-refractivity contribution >= 4 is 5.78 Å². The van der Waals surface area contributed by atoms with Crippen LogP contribution in [-0.4, -0.2) is 5.78 Å². The molecule has 1 aliphatic rings. The van der Waals surface area contributed by atoms with Crippen molar-refractivity contribution in [1.82, 2.24) is 0 Å². The van der Waals surface area contributed by atoms with Crippen molar-refractivity contribution in [1.29, 1.82) is 0 Å². The predicted molar refractivity (Wildman–Crippen MR) is 62.8 cm³/mol. The zero-order valence-corrected chi connectivity index (χ0v) is 9.64. The quantitative estimate of drug-likeness (QED) is 0.758. The molecular weight excluding hydrogens is 200 g/mol. The molecule has 0 fully saturated rings. The third-order valence-corrected chi connectivity index (χ3v) is 2.96. The second kappa shape index (κ2) is 4.52. The van der Waals surface area contributed by atoms with E-state index in [9.17, 15) is 4.79 Å². The molecule has 1 aliphatic heterocycles. The van der Waals surface area contributed by atoms with E-state index in [2.05, 4.69) is 0 Å². The number of allylic oxidation sites excluding steroid dienone is 2. The Balaban J connectivity index is 2.29. The van der Waals surface area contributed by atoms with E-state index in [1.165, 1.54) is 0 Å². The molecular formula is C14H16O2. The van der Waals surface area contributed by atoms with Gasteiger partial charge in [-0.25, -0.2) is 0 Å². The summed E-state index contributed by atoms with van der Waals surface area (Å²) in [7, 11) is 0. The fraction of sp³-hybridized carbons (Fsp3) is 0.357. The molecule has 2 heteroatoms. The number of ketones is 1. The molecule has 2 nitrogen and oxygen atoms in total. The Hall–Kier alpha value is -1.57. The summed E-state index contributed by atoms with van der Waals surface area (Å²) in [6.07, 6.45) is 2.26. The summed E-state index contributed by atoms with van der Waals surface area (Å²) in [6, 6.07) is 9.93. The van der Waals surface area contributed by atoms with Crippen LogP contribution in [0.4, 0.5) is 0 Å². The highest BCUT2D eigenvalue weighted by molar-refractivity contribution is 5.93. The van der Waals surface area contributed by atoms with Crippen LogP contribution in [0.1, 0.15) is 31.9 Å². The largest absolute Gasteiger partial charge is 0.489 e. The lowest BCUT2D eigenvalue weighted by atomic mass is 9.91. The van der Waals surface area contributed by atoms with Crippen LogP contribution in [0.3, 0.4) is 0 Å². The Bertz CT molecular complexity index is 406. The molecule has 0 N–H and O–H groups in total. The first-order valence-corrected chi connectivity index (χ1v) is 5.68. The van der Waals surface area contributed by atoms with Gasteiger partial charge >= 0.3 is 0 Å². The van der Waals surface area contributed by atoms with Crippen molar-refractivity contribution in [3.63, 3.8) is 0 Å². The number of rotatable bonds is 2. The van der Waals surface area contributed by atoms with Gasteiger partial charge in [0.25, 0.3) is 0 Å². The van der Waals surface area contributed by atoms with Gasteiger partial charge in [-0.15, -0.1) is 0 Å². The van der Waals surface area contributed by atoms with Crippen molar-refractivity contribution in [3.05, 3.63) is 47.7 Å². The van der Waals surface area contributed by atoms with E-state index >= 15 is 0 Å². The van der Waals surface area contributed by atoms with Crippen LogP contribution in [0.2, 0.25) is 0 Å². The Labute approximate surface area is 95.9 Å². The lowest BCUT2D eigenvalue weighted by Crippen LogP contribution is -2.25. The van der Waals surface area contributed by atoms with Crippen LogP contribution in [0.15, 0.2) is 42.2 Å². The molecule has 0 aliphatic carbocycles. The molecule has 0 amide bonds. The lowest BCUT2D eigenvalue weighted by molar-refractivity contribution is -0.124. The lowest BCUT2D eigenvalue weighted by Gasteiger charge is -2.29. The van der Waals surface area contributed by atoms with Crippen molar-refractivity contribution < 1.29 is 9.53 Å². The Morgan fingerprint density at radius 1 is 1.25 bits per heavy atom. The molecule has 2 rings (SSSR count). The van der Waals surface area contributed by atoms with E-state index in [0.29, 0.717) is 0 Å². The topological polar surface area (TPSA) is 26.3 Å². The van der Waals surface area contributed by atoms with Crippen LogP contribution in [0.25, 0.3) is 0 Å². The SMILES string of the molecule is CCC1=CC(=O)[C@@H](C)[C@@H](c2ccccc2)O1. The summed E-state index contributed by atoms with van der Waals surface area (Å²) >= 11 is 0. The summed E-state index contributed by atoms with van der Waals surface area (Å²) in [5.74, 6) is 0.853. The van der Waals surface area contributed by atoms with Crippen LogP contribution in [0.5, 0.6) is 0 Å². The van der Waals surface area contributed by atoms with Gasteiger partial charge in [-0.05, 0) is 5.56 Å². The average molecular weight is 216 g/mol. The number of carbonyl (C=O) groups excluding carboxylic acids is 1. The summed E-state index contributed by atoms with van der Waals surface area (Å²) in [6.45, 7) is 3.92. The van der Waals surface area contributed by atoms with Gasteiger partial charge in [-0.1, -0.05) is 44.2 Å². The Kier molecular flexibility index (Phi) is 3.09. The van der Waals surface area contributed by atoms with E-state index in [-0.39, 0.29) is 17.8 Å². The molecule has 2 atom stereocenters. The number of hydrogen-bond donors (Lipinski definition) is 0. The smallest absolute Gasteiger partial charge is 0.165 e. The van der Waals surface area contributed by atoms with Crippen molar-refractivity contribution in [2.45, 2.75) is 26.4 Å². The average Bonchev–Trinajstić information content (AvgIpc) is 2.33. The molecule has 0 saturated carbocycles. The van der Waals surface area contributed by atoms with Crippen molar-refractivity contribution in [2.75, 3.05) is 0 Å². The third-order valence-electron chi connectivity index (χ3n) is 2.96. The van der Waals surface area contributed by atoms with Crippen LogP contribution < -0.4 is 0 Å². The molecule has 1 aromatic rings. The fourth-order valence-electron chi connectivity index (χ4n) is 1.92. The second-order valence-electron chi connectivity index (χ2n) is 4.10. The van der Waals surface area contributed by atoms with E-state index < -0.39 is 0 Å². The minimum absolute atomic E-state index is 0.0994. The first-order chi connectivity index (χ1) is 7.72. The minimum atomic E-state index is -0.131. The number of benzene rings is 1. The summed E-state index contributed by atoms with van der Waals surface area (Å²) in [5.41, 5.74) is 1.07. The molecule has 1 aromatic carbocycles. The van der Waals surface area contributed by atoms with Crippen molar-refractivity contribution in [3.8, 4) is 0 Å². The van der Waals surface area contributed by atoms with Crippen LogP contribution >= 0.6 is 0 Å². The van der Waals surface area contributed by atoms with E-state index in [4.69, 9.17) is 4.74 Å². The highest BCUT2D eigenvalue weighted by Crippen LogP contribution is 2.33. The first-order valence-electron chi connectivity index (χ1n) is 5.68. The van der Waals surface area contributed by atoms with Crippen molar-refractivity contribution in [2.24, 2.45) is 5.92 Å². The van der Waals surface area contributed by atoms with Crippen LogP contribution in [-0.2, 0) is 9.53 Å². The Morgan fingerprint density at radius 3 is 2.56 bits per heavy atom. The standard InChI is InChI=1S/C14H16O2/c1-3-12-9-13(15)10(2)14(16-12)11-7-5-4-6-8-11/h4-10,14H,3H2,1-2H3/t10-,14+/m1/s1. The van der Waals surface area contributed by atoms with Gasteiger partial charge in [0.15, 0.2) is 5.78 Å².